The Morgan fingerprint density at radius 2 is 1.96 bits per heavy atom. The highest BCUT2D eigenvalue weighted by Crippen LogP contribution is 2.23. The molecule has 1 heterocycles. The van der Waals surface area contributed by atoms with E-state index in [4.69, 9.17) is 5.11 Å². The highest BCUT2D eigenvalue weighted by molar-refractivity contribution is 6.06. The molecule has 0 bridgehead atoms. The predicted molar refractivity (Wildman–Crippen MR) is 89.7 cm³/mol. The molecule has 23 heavy (non-hydrogen) atoms. The van der Waals surface area contributed by atoms with E-state index in [0.29, 0.717) is 18.5 Å². The number of carbonyl (C=O) groups excluding carboxylic acids is 1. The van der Waals surface area contributed by atoms with Crippen molar-refractivity contribution in [3.05, 3.63) is 41.6 Å². The second kappa shape index (κ2) is 7.22. The summed E-state index contributed by atoms with van der Waals surface area (Å²) in [6, 6.07) is 9.26. The lowest BCUT2D eigenvalue weighted by molar-refractivity contribution is -0.137. The summed E-state index contributed by atoms with van der Waals surface area (Å²) in [6.07, 6.45) is 0.707. The molecule has 0 atom stereocenters. The number of hydrogen-bond acceptors (Lipinski definition) is 3. The van der Waals surface area contributed by atoms with Crippen LogP contribution in [0.5, 0.6) is 0 Å². The zero-order chi connectivity index (χ0) is 17.0. The number of carboxylic acid groups (broad SMARTS) is 1. The fraction of sp³-hybridized carbons (Fsp3) is 0.389. The smallest absolute Gasteiger partial charge is 0.323 e. The molecule has 1 amide bonds. The number of hydrogen-bond donors (Lipinski definition) is 1. The van der Waals surface area contributed by atoms with Crippen molar-refractivity contribution < 1.29 is 14.7 Å². The van der Waals surface area contributed by atoms with Gasteiger partial charge < -0.3 is 10.0 Å². The highest BCUT2D eigenvalue weighted by atomic mass is 16.4. The number of aromatic nitrogens is 1. The van der Waals surface area contributed by atoms with Crippen LogP contribution < -0.4 is 0 Å². The van der Waals surface area contributed by atoms with Gasteiger partial charge in [0.05, 0.1) is 11.1 Å². The van der Waals surface area contributed by atoms with Gasteiger partial charge in [0.2, 0.25) is 0 Å². The highest BCUT2D eigenvalue weighted by Gasteiger charge is 2.21. The topological polar surface area (TPSA) is 70.5 Å². The Hall–Kier alpha value is -2.43. The first-order chi connectivity index (χ1) is 10.9. The van der Waals surface area contributed by atoms with E-state index in [1.54, 1.807) is 6.07 Å². The molecular formula is C18H22N2O3. The maximum Gasteiger partial charge on any atom is 0.323 e. The van der Waals surface area contributed by atoms with Crippen molar-refractivity contribution in [2.45, 2.75) is 33.1 Å². The van der Waals surface area contributed by atoms with Gasteiger partial charge in [-0.25, -0.2) is 0 Å². The Labute approximate surface area is 135 Å². The molecule has 1 aromatic heterocycles. The molecule has 0 saturated heterocycles. The van der Waals surface area contributed by atoms with E-state index in [1.807, 2.05) is 45.0 Å². The number of aliphatic carboxylic acids is 1. The Kier molecular flexibility index (Phi) is 5.32. The molecule has 0 aliphatic heterocycles. The van der Waals surface area contributed by atoms with Gasteiger partial charge in [0.1, 0.15) is 6.54 Å². The molecule has 5 heteroatoms. The van der Waals surface area contributed by atoms with Crippen LogP contribution in [0.25, 0.3) is 10.9 Å². The average Bonchev–Trinajstić information content (AvgIpc) is 2.52. The van der Waals surface area contributed by atoms with Crippen molar-refractivity contribution in [2.24, 2.45) is 0 Å². The summed E-state index contributed by atoms with van der Waals surface area (Å²) in [5.74, 6) is -1.07. The van der Waals surface area contributed by atoms with Gasteiger partial charge in [-0.05, 0) is 24.5 Å². The van der Waals surface area contributed by atoms with Crippen LogP contribution in [0.2, 0.25) is 0 Å². The van der Waals surface area contributed by atoms with Crippen LogP contribution in [-0.4, -0.2) is 40.0 Å². The molecule has 1 N–H and O–H groups in total. The third kappa shape index (κ3) is 3.86. The van der Waals surface area contributed by atoms with Gasteiger partial charge in [-0.15, -0.1) is 0 Å². The Morgan fingerprint density at radius 3 is 2.57 bits per heavy atom. The number of rotatable bonds is 6. The molecule has 5 nitrogen and oxygen atoms in total. The van der Waals surface area contributed by atoms with Crippen LogP contribution >= 0.6 is 0 Å². The van der Waals surface area contributed by atoms with Crippen molar-refractivity contribution in [1.82, 2.24) is 9.88 Å². The largest absolute Gasteiger partial charge is 0.480 e. The summed E-state index contributed by atoms with van der Waals surface area (Å²) in [7, 11) is 0. The molecule has 0 unspecified atom stereocenters. The fourth-order valence-electron chi connectivity index (χ4n) is 2.52. The minimum absolute atomic E-state index is 0.185. The van der Waals surface area contributed by atoms with Crippen LogP contribution in [0.1, 0.15) is 49.2 Å². The second-order valence-electron chi connectivity index (χ2n) is 5.89. The SMILES string of the molecule is CCCN(CC(=O)O)C(=O)c1cc(C(C)C)nc2ccccc12. The number of nitrogens with zero attached hydrogens (tertiary/aromatic N) is 2. The molecule has 1 aromatic carbocycles. The summed E-state index contributed by atoms with van der Waals surface area (Å²) < 4.78 is 0. The lowest BCUT2D eigenvalue weighted by atomic mass is 10.0. The van der Waals surface area contributed by atoms with Gasteiger partial charge in [0.15, 0.2) is 0 Å². The maximum atomic E-state index is 12.9. The first-order valence-electron chi connectivity index (χ1n) is 7.84. The number of benzene rings is 1. The zero-order valence-electron chi connectivity index (χ0n) is 13.7. The van der Waals surface area contributed by atoms with Gasteiger partial charge in [-0.1, -0.05) is 39.0 Å². The molecule has 0 saturated carbocycles. The lowest BCUT2D eigenvalue weighted by Crippen LogP contribution is -2.36. The normalized spacial score (nSPS) is 11.0. The van der Waals surface area contributed by atoms with Gasteiger partial charge in [0, 0.05) is 17.6 Å². The van der Waals surface area contributed by atoms with E-state index in [9.17, 15) is 9.59 Å². The molecule has 0 aliphatic carbocycles. The number of pyridine rings is 1. The Bertz CT molecular complexity index is 725. The van der Waals surface area contributed by atoms with Gasteiger partial charge in [-0.2, -0.15) is 0 Å². The quantitative estimate of drug-likeness (QED) is 0.888. The molecule has 0 aliphatic rings. The Balaban J connectivity index is 2.55. The first-order valence-corrected chi connectivity index (χ1v) is 7.84. The molecule has 122 valence electrons. The van der Waals surface area contributed by atoms with Crippen LogP contribution in [-0.2, 0) is 4.79 Å². The minimum Gasteiger partial charge on any atom is -0.480 e. The molecule has 0 spiro atoms. The van der Waals surface area contributed by atoms with Gasteiger partial charge >= 0.3 is 5.97 Å². The molecule has 0 fully saturated rings. The van der Waals surface area contributed by atoms with E-state index in [-0.39, 0.29) is 18.4 Å². The standard InChI is InChI=1S/C18H22N2O3/c1-4-9-20(11-17(21)22)18(23)14-10-16(12(2)3)19-15-8-6-5-7-13(14)15/h5-8,10,12H,4,9,11H2,1-3H3,(H,21,22). The van der Waals surface area contributed by atoms with E-state index < -0.39 is 5.97 Å². The summed E-state index contributed by atoms with van der Waals surface area (Å²) in [5.41, 5.74) is 2.11. The van der Waals surface area contributed by atoms with Crippen molar-refractivity contribution in [3.63, 3.8) is 0 Å². The third-order valence-electron chi connectivity index (χ3n) is 3.66. The monoisotopic (exact) mass is 314 g/mol. The maximum absolute atomic E-state index is 12.9. The number of amides is 1. The van der Waals surface area contributed by atoms with Crippen LogP contribution in [0.4, 0.5) is 0 Å². The fourth-order valence-corrected chi connectivity index (χ4v) is 2.52. The summed E-state index contributed by atoms with van der Waals surface area (Å²) >= 11 is 0. The number of carbonyl (C=O) groups is 2. The van der Waals surface area contributed by atoms with Crippen molar-refractivity contribution >= 4 is 22.8 Å². The van der Waals surface area contributed by atoms with Crippen LogP contribution in [0.15, 0.2) is 30.3 Å². The number of carboxylic acids is 1. The number of para-hydroxylation sites is 1. The Morgan fingerprint density at radius 1 is 1.26 bits per heavy atom. The summed E-state index contributed by atoms with van der Waals surface area (Å²) in [5, 5.41) is 9.81. The van der Waals surface area contributed by atoms with Crippen LogP contribution in [0, 0.1) is 0 Å². The summed E-state index contributed by atoms with van der Waals surface area (Å²) in [6.45, 7) is 6.09. The van der Waals surface area contributed by atoms with E-state index >= 15 is 0 Å². The molecular weight excluding hydrogens is 292 g/mol. The van der Waals surface area contributed by atoms with Crippen molar-refractivity contribution in [3.8, 4) is 0 Å². The number of fused-ring (bicyclic) bond motifs is 1. The van der Waals surface area contributed by atoms with Crippen molar-refractivity contribution in [1.29, 1.82) is 0 Å². The zero-order valence-corrected chi connectivity index (χ0v) is 13.7. The van der Waals surface area contributed by atoms with Gasteiger partial charge in [0.25, 0.3) is 5.91 Å². The van der Waals surface area contributed by atoms with Gasteiger partial charge in [-0.3, -0.25) is 14.6 Å². The predicted octanol–water partition coefficient (Wildman–Crippen LogP) is 3.30. The first kappa shape index (κ1) is 16.9. The lowest BCUT2D eigenvalue weighted by Gasteiger charge is -2.21. The average molecular weight is 314 g/mol. The molecule has 2 aromatic rings. The van der Waals surface area contributed by atoms with E-state index in [0.717, 1.165) is 16.6 Å². The third-order valence-corrected chi connectivity index (χ3v) is 3.66. The molecule has 0 radical (unpaired) electrons. The van der Waals surface area contributed by atoms with Crippen LogP contribution in [0.3, 0.4) is 0 Å². The molecule has 2 rings (SSSR count). The van der Waals surface area contributed by atoms with E-state index in [1.165, 1.54) is 4.90 Å². The minimum atomic E-state index is -1.01. The summed E-state index contributed by atoms with van der Waals surface area (Å²) in [4.78, 5) is 29.9. The van der Waals surface area contributed by atoms with Crippen molar-refractivity contribution in [2.75, 3.05) is 13.1 Å². The second-order valence-corrected chi connectivity index (χ2v) is 5.89. The van der Waals surface area contributed by atoms with E-state index in [2.05, 4.69) is 4.98 Å².